The molecule has 68 valence electrons. The topological polar surface area (TPSA) is 63.6 Å². The number of nitrogens with one attached hydrogen (secondary N) is 1. The van der Waals surface area contributed by atoms with Crippen molar-refractivity contribution in [3.05, 3.63) is 21.5 Å². The summed E-state index contributed by atoms with van der Waals surface area (Å²) in [6, 6.07) is 0. The number of fused-ring (bicyclic) bond motifs is 1. The van der Waals surface area contributed by atoms with E-state index in [1.54, 1.807) is 14.0 Å². The van der Waals surface area contributed by atoms with Gasteiger partial charge in [0, 0.05) is 7.05 Å². The Bertz CT molecular complexity index is 527. The molecule has 0 aliphatic rings. The SMILES string of the molecule is Cc1nc2nc(Cl)n(C)c(=O)c2[nH]1. The number of hydrogen-bond donors (Lipinski definition) is 1. The van der Waals surface area contributed by atoms with Gasteiger partial charge in [0.05, 0.1) is 0 Å². The summed E-state index contributed by atoms with van der Waals surface area (Å²) < 4.78 is 1.27. The summed E-state index contributed by atoms with van der Waals surface area (Å²) >= 11 is 5.70. The lowest BCUT2D eigenvalue weighted by Gasteiger charge is -1.97. The Morgan fingerprint density at radius 1 is 1.46 bits per heavy atom. The highest BCUT2D eigenvalue weighted by molar-refractivity contribution is 6.28. The Kier molecular flexibility index (Phi) is 1.63. The summed E-state index contributed by atoms with van der Waals surface area (Å²) in [5.74, 6) is 0.655. The van der Waals surface area contributed by atoms with Gasteiger partial charge in [0.2, 0.25) is 5.28 Å². The van der Waals surface area contributed by atoms with Crippen LogP contribution in [0.4, 0.5) is 0 Å². The number of halogens is 1. The maximum Gasteiger partial charge on any atom is 0.280 e. The van der Waals surface area contributed by atoms with Crippen molar-refractivity contribution in [3.63, 3.8) is 0 Å². The van der Waals surface area contributed by atoms with E-state index in [0.717, 1.165) is 0 Å². The number of aromatic nitrogens is 4. The Morgan fingerprint density at radius 3 is 2.85 bits per heavy atom. The van der Waals surface area contributed by atoms with Gasteiger partial charge in [-0.1, -0.05) is 0 Å². The maximum absolute atomic E-state index is 11.5. The Morgan fingerprint density at radius 2 is 2.15 bits per heavy atom. The van der Waals surface area contributed by atoms with E-state index in [2.05, 4.69) is 15.0 Å². The molecule has 0 aromatic carbocycles. The normalized spacial score (nSPS) is 11.0. The summed E-state index contributed by atoms with van der Waals surface area (Å²) in [5.41, 5.74) is 0.547. The molecule has 0 saturated heterocycles. The second-order valence-corrected chi connectivity index (χ2v) is 3.10. The van der Waals surface area contributed by atoms with Crippen LogP contribution < -0.4 is 5.56 Å². The van der Waals surface area contributed by atoms with Gasteiger partial charge >= 0.3 is 0 Å². The van der Waals surface area contributed by atoms with Crippen LogP contribution in [0.5, 0.6) is 0 Å². The van der Waals surface area contributed by atoms with Crippen molar-refractivity contribution >= 4 is 22.8 Å². The molecule has 2 heterocycles. The van der Waals surface area contributed by atoms with Crippen molar-refractivity contribution in [1.29, 1.82) is 0 Å². The number of H-pyrrole nitrogens is 1. The van der Waals surface area contributed by atoms with Gasteiger partial charge in [0.25, 0.3) is 5.56 Å². The van der Waals surface area contributed by atoms with E-state index in [-0.39, 0.29) is 10.8 Å². The average molecular weight is 199 g/mol. The van der Waals surface area contributed by atoms with Crippen molar-refractivity contribution in [1.82, 2.24) is 19.5 Å². The van der Waals surface area contributed by atoms with Crippen LogP contribution in [0.1, 0.15) is 5.82 Å². The quantitative estimate of drug-likeness (QED) is 0.632. The number of rotatable bonds is 0. The van der Waals surface area contributed by atoms with E-state index in [4.69, 9.17) is 11.6 Å². The molecule has 0 unspecified atom stereocenters. The van der Waals surface area contributed by atoms with Crippen LogP contribution in [0, 0.1) is 6.92 Å². The maximum atomic E-state index is 11.5. The van der Waals surface area contributed by atoms with E-state index >= 15 is 0 Å². The van der Waals surface area contributed by atoms with Gasteiger partial charge in [-0.15, -0.1) is 0 Å². The van der Waals surface area contributed by atoms with E-state index in [1.807, 2.05) is 0 Å². The Balaban J connectivity index is 3.01. The van der Waals surface area contributed by atoms with Crippen LogP contribution in [-0.2, 0) is 7.05 Å². The van der Waals surface area contributed by atoms with Gasteiger partial charge in [0.15, 0.2) is 11.2 Å². The van der Waals surface area contributed by atoms with E-state index in [9.17, 15) is 4.79 Å². The lowest BCUT2D eigenvalue weighted by atomic mass is 10.5. The fraction of sp³-hybridized carbons (Fsp3) is 0.286. The van der Waals surface area contributed by atoms with E-state index in [0.29, 0.717) is 17.0 Å². The fourth-order valence-corrected chi connectivity index (χ4v) is 1.28. The zero-order valence-electron chi connectivity index (χ0n) is 7.13. The fourth-order valence-electron chi connectivity index (χ4n) is 1.12. The third kappa shape index (κ3) is 1.12. The molecular formula is C7H7ClN4O. The summed E-state index contributed by atoms with van der Waals surface area (Å²) in [6.07, 6.45) is 0. The molecule has 13 heavy (non-hydrogen) atoms. The third-order valence-corrected chi connectivity index (χ3v) is 2.13. The average Bonchev–Trinajstić information content (AvgIpc) is 2.42. The summed E-state index contributed by atoms with van der Waals surface area (Å²) in [7, 11) is 1.56. The predicted molar refractivity (Wildman–Crippen MR) is 48.9 cm³/mol. The highest BCUT2D eigenvalue weighted by atomic mass is 35.5. The number of nitrogens with zero attached hydrogens (tertiary/aromatic N) is 3. The van der Waals surface area contributed by atoms with Crippen molar-refractivity contribution in [2.24, 2.45) is 7.05 Å². The van der Waals surface area contributed by atoms with Gasteiger partial charge in [-0.25, -0.2) is 4.98 Å². The minimum Gasteiger partial charge on any atom is -0.336 e. The lowest BCUT2D eigenvalue weighted by Crippen LogP contribution is -2.18. The zero-order valence-corrected chi connectivity index (χ0v) is 7.88. The standard InChI is InChI=1S/C7H7ClN4O/c1-3-9-4-5(10-3)11-7(8)12(2)6(4)13/h1-2H3,(H,9,10). The molecule has 0 aliphatic carbocycles. The molecule has 6 heteroatoms. The predicted octanol–water partition coefficient (Wildman–Crippen LogP) is 0.618. The molecule has 5 nitrogen and oxygen atoms in total. The molecule has 0 spiro atoms. The van der Waals surface area contributed by atoms with Gasteiger partial charge < -0.3 is 4.98 Å². The minimum absolute atomic E-state index is 0.143. The van der Waals surface area contributed by atoms with E-state index < -0.39 is 0 Å². The minimum atomic E-state index is -0.212. The molecule has 0 bridgehead atoms. The van der Waals surface area contributed by atoms with E-state index in [1.165, 1.54) is 4.57 Å². The summed E-state index contributed by atoms with van der Waals surface area (Å²) in [5, 5.41) is 0.143. The van der Waals surface area contributed by atoms with Crippen LogP contribution in [-0.4, -0.2) is 19.5 Å². The van der Waals surface area contributed by atoms with Crippen molar-refractivity contribution in [2.75, 3.05) is 0 Å². The van der Waals surface area contributed by atoms with Gasteiger partial charge in [-0.05, 0) is 18.5 Å². The number of aromatic amines is 1. The molecule has 2 aromatic heterocycles. The molecule has 0 aliphatic heterocycles. The first-order chi connectivity index (χ1) is 6.09. The van der Waals surface area contributed by atoms with Crippen molar-refractivity contribution in [2.45, 2.75) is 6.92 Å². The zero-order chi connectivity index (χ0) is 9.59. The monoisotopic (exact) mass is 198 g/mol. The molecule has 0 fully saturated rings. The first-order valence-corrected chi connectivity index (χ1v) is 4.06. The highest BCUT2D eigenvalue weighted by Gasteiger charge is 2.09. The van der Waals surface area contributed by atoms with Gasteiger partial charge in [0.1, 0.15) is 5.82 Å². The second-order valence-electron chi connectivity index (χ2n) is 2.77. The summed E-state index contributed by atoms with van der Waals surface area (Å²) in [4.78, 5) is 22.3. The molecule has 2 rings (SSSR count). The number of imidazole rings is 1. The second kappa shape index (κ2) is 2.56. The molecular weight excluding hydrogens is 192 g/mol. The summed E-state index contributed by atoms with van der Waals surface area (Å²) in [6.45, 7) is 1.76. The molecule has 2 aromatic rings. The van der Waals surface area contributed by atoms with Crippen molar-refractivity contribution in [3.8, 4) is 0 Å². The van der Waals surface area contributed by atoms with Crippen LogP contribution >= 0.6 is 11.6 Å². The molecule has 0 amide bonds. The molecule has 0 radical (unpaired) electrons. The smallest absolute Gasteiger partial charge is 0.280 e. The van der Waals surface area contributed by atoms with Crippen LogP contribution in [0.25, 0.3) is 11.2 Å². The number of hydrogen-bond acceptors (Lipinski definition) is 3. The highest BCUT2D eigenvalue weighted by Crippen LogP contribution is 2.07. The third-order valence-electron chi connectivity index (χ3n) is 1.80. The molecule has 1 N–H and O–H groups in total. The Hall–Kier alpha value is -1.36. The largest absolute Gasteiger partial charge is 0.336 e. The number of aryl methyl sites for hydroxylation is 1. The first kappa shape index (κ1) is 8.25. The van der Waals surface area contributed by atoms with Gasteiger partial charge in [-0.2, -0.15) is 4.98 Å². The Labute approximate surface area is 78.4 Å². The van der Waals surface area contributed by atoms with Gasteiger partial charge in [-0.3, -0.25) is 9.36 Å². The van der Waals surface area contributed by atoms with Crippen LogP contribution in [0.15, 0.2) is 4.79 Å². The first-order valence-electron chi connectivity index (χ1n) is 3.68. The molecule has 0 saturated carbocycles. The molecule has 0 atom stereocenters. The van der Waals surface area contributed by atoms with Crippen LogP contribution in [0.2, 0.25) is 5.28 Å². The van der Waals surface area contributed by atoms with Crippen LogP contribution in [0.3, 0.4) is 0 Å². The lowest BCUT2D eigenvalue weighted by molar-refractivity contribution is 0.840. The van der Waals surface area contributed by atoms with Crippen molar-refractivity contribution < 1.29 is 0 Å².